The number of ketones is 1. The summed E-state index contributed by atoms with van der Waals surface area (Å²) in [4.78, 5) is 28.4. The van der Waals surface area contributed by atoms with E-state index in [-0.39, 0.29) is 5.78 Å². The van der Waals surface area contributed by atoms with E-state index in [9.17, 15) is 14.7 Å². The normalized spacial score (nSPS) is 17.1. The Kier molecular flexibility index (Phi) is 3.19. The maximum atomic E-state index is 12.1. The second-order valence-electron chi connectivity index (χ2n) is 7.10. The minimum atomic E-state index is -0.997. The largest absolute Gasteiger partial charge is 0.481 e. The van der Waals surface area contributed by atoms with Crippen LogP contribution in [0.15, 0.2) is 30.3 Å². The molecule has 0 unspecified atom stereocenters. The van der Waals surface area contributed by atoms with Crippen LogP contribution < -0.4 is 4.74 Å². The van der Waals surface area contributed by atoms with Gasteiger partial charge in [-0.05, 0) is 36.5 Å². The molecule has 2 aromatic heterocycles. The molecule has 5 rings (SSSR count). The van der Waals surface area contributed by atoms with Crippen LogP contribution in [0.5, 0.6) is 5.88 Å². The third-order valence-electron chi connectivity index (χ3n) is 5.61. The molecule has 1 fully saturated rings. The van der Waals surface area contributed by atoms with Crippen molar-refractivity contribution in [2.75, 3.05) is 7.11 Å². The van der Waals surface area contributed by atoms with Gasteiger partial charge in [-0.3, -0.25) is 9.59 Å². The summed E-state index contributed by atoms with van der Waals surface area (Å²) in [7, 11) is 1.54. The molecule has 2 aliphatic rings. The average Bonchev–Trinajstić information content (AvgIpc) is 3.23. The number of aromatic nitrogens is 3. The van der Waals surface area contributed by atoms with Gasteiger partial charge in [-0.15, -0.1) is 5.10 Å². The molecule has 2 heterocycles. The Hall–Kier alpha value is -3.22. The summed E-state index contributed by atoms with van der Waals surface area (Å²) in [6.07, 6.45) is 2.28. The van der Waals surface area contributed by atoms with Gasteiger partial charge in [-0.1, -0.05) is 18.2 Å². The molecule has 1 N–H and O–H groups in total. The standard InChI is InChI=1S/C20H17N3O4/c1-27-16-8-6-14(11-3-2-4-13-12(11)5-7-15(13)24)17-21-18(22-23(16)17)20(9-10-20)19(25)26/h2-4,6,8H,5,7,9-10H2,1H3,(H,25,26). The molecule has 27 heavy (non-hydrogen) atoms. The minimum Gasteiger partial charge on any atom is -0.481 e. The number of carbonyl (C=O) groups excluding carboxylic acids is 1. The molecule has 1 aromatic carbocycles. The van der Waals surface area contributed by atoms with Crippen molar-refractivity contribution in [1.29, 1.82) is 0 Å². The highest BCUT2D eigenvalue weighted by atomic mass is 16.5. The molecule has 0 radical (unpaired) electrons. The molecular weight excluding hydrogens is 346 g/mol. The van der Waals surface area contributed by atoms with Gasteiger partial charge in [0.2, 0.25) is 5.88 Å². The summed E-state index contributed by atoms with van der Waals surface area (Å²) in [6, 6.07) is 9.38. The van der Waals surface area contributed by atoms with E-state index in [2.05, 4.69) is 10.1 Å². The Bertz CT molecular complexity index is 1130. The molecular formula is C20H17N3O4. The molecule has 7 heteroatoms. The highest BCUT2D eigenvalue weighted by Gasteiger charge is 2.55. The quantitative estimate of drug-likeness (QED) is 0.766. The number of nitrogens with zero attached hydrogens (tertiary/aromatic N) is 3. The first-order valence-electron chi connectivity index (χ1n) is 8.88. The summed E-state index contributed by atoms with van der Waals surface area (Å²) in [5.74, 6) is 0.0493. The van der Waals surface area contributed by atoms with Crippen molar-refractivity contribution in [3.63, 3.8) is 0 Å². The molecule has 7 nitrogen and oxygen atoms in total. The predicted molar refractivity (Wildman–Crippen MR) is 96.2 cm³/mol. The molecule has 1 saturated carbocycles. The summed E-state index contributed by atoms with van der Waals surface area (Å²) < 4.78 is 6.95. The third kappa shape index (κ3) is 2.14. The number of fused-ring (bicyclic) bond motifs is 2. The zero-order valence-electron chi connectivity index (χ0n) is 14.7. The molecule has 3 aromatic rings. The van der Waals surface area contributed by atoms with Gasteiger partial charge in [0.05, 0.1) is 7.11 Å². The van der Waals surface area contributed by atoms with Crippen LogP contribution in [0.1, 0.15) is 41.0 Å². The van der Waals surface area contributed by atoms with E-state index in [1.807, 2.05) is 24.3 Å². The highest BCUT2D eigenvalue weighted by molar-refractivity contribution is 6.03. The topological polar surface area (TPSA) is 93.8 Å². The molecule has 0 saturated heterocycles. The fourth-order valence-corrected chi connectivity index (χ4v) is 3.91. The van der Waals surface area contributed by atoms with Gasteiger partial charge in [0, 0.05) is 23.6 Å². The van der Waals surface area contributed by atoms with Gasteiger partial charge < -0.3 is 9.84 Å². The van der Waals surface area contributed by atoms with E-state index in [1.165, 1.54) is 0 Å². The number of rotatable bonds is 4. The number of methoxy groups -OCH3 is 1. The minimum absolute atomic E-state index is 0.154. The van der Waals surface area contributed by atoms with Gasteiger partial charge in [0.25, 0.3) is 0 Å². The number of carboxylic acid groups (broad SMARTS) is 1. The number of ether oxygens (including phenoxy) is 1. The van der Waals surface area contributed by atoms with Crippen LogP contribution in [0.25, 0.3) is 16.8 Å². The SMILES string of the molecule is COc1ccc(-c2cccc3c2CCC3=O)c2nc(C3(C(=O)O)CC3)nn12. The summed E-state index contributed by atoms with van der Waals surface area (Å²) in [5.41, 5.74) is 3.07. The second kappa shape index (κ2) is 5.39. The van der Waals surface area contributed by atoms with Crippen LogP contribution in [0, 0.1) is 0 Å². The molecule has 0 amide bonds. The van der Waals surface area contributed by atoms with Crippen molar-refractivity contribution >= 4 is 17.4 Å². The van der Waals surface area contributed by atoms with Crippen molar-refractivity contribution in [3.05, 3.63) is 47.3 Å². The number of aliphatic carboxylic acids is 1. The molecule has 0 aliphatic heterocycles. The number of pyridine rings is 1. The zero-order chi connectivity index (χ0) is 18.8. The molecule has 0 bridgehead atoms. The highest BCUT2D eigenvalue weighted by Crippen LogP contribution is 2.47. The van der Waals surface area contributed by atoms with Crippen LogP contribution in [0.3, 0.4) is 0 Å². The molecule has 2 aliphatic carbocycles. The lowest BCUT2D eigenvalue weighted by molar-refractivity contribution is -0.140. The van der Waals surface area contributed by atoms with E-state index in [1.54, 1.807) is 17.7 Å². The van der Waals surface area contributed by atoms with Crippen molar-refractivity contribution in [3.8, 4) is 17.0 Å². The maximum absolute atomic E-state index is 12.1. The van der Waals surface area contributed by atoms with E-state index < -0.39 is 11.4 Å². The van der Waals surface area contributed by atoms with Crippen LogP contribution in [-0.4, -0.2) is 38.6 Å². The smallest absolute Gasteiger partial charge is 0.317 e. The van der Waals surface area contributed by atoms with Crippen LogP contribution in [0.4, 0.5) is 0 Å². The first kappa shape index (κ1) is 16.0. The Balaban J connectivity index is 1.77. The third-order valence-corrected chi connectivity index (χ3v) is 5.61. The first-order chi connectivity index (χ1) is 13.0. The van der Waals surface area contributed by atoms with Gasteiger partial charge in [-0.25, -0.2) is 4.98 Å². The monoisotopic (exact) mass is 363 g/mol. The van der Waals surface area contributed by atoms with Crippen molar-refractivity contribution in [2.24, 2.45) is 0 Å². The first-order valence-corrected chi connectivity index (χ1v) is 8.88. The van der Waals surface area contributed by atoms with Crippen LogP contribution in [-0.2, 0) is 16.6 Å². The summed E-state index contributed by atoms with van der Waals surface area (Å²) >= 11 is 0. The molecule has 136 valence electrons. The van der Waals surface area contributed by atoms with Crippen molar-refractivity contribution in [2.45, 2.75) is 31.1 Å². The number of hydrogen-bond donors (Lipinski definition) is 1. The second-order valence-corrected chi connectivity index (χ2v) is 7.10. The van der Waals surface area contributed by atoms with Gasteiger partial charge >= 0.3 is 5.97 Å². The predicted octanol–water partition coefficient (Wildman–Crippen LogP) is 2.65. The van der Waals surface area contributed by atoms with E-state index in [4.69, 9.17) is 4.74 Å². The van der Waals surface area contributed by atoms with E-state index in [0.717, 1.165) is 22.3 Å². The number of carboxylic acids is 1. The maximum Gasteiger partial charge on any atom is 0.317 e. The number of hydrogen-bond acceptors (Lipinski definition) is 5. The Morgan fingerprint density at radius 2 is 1.93 bits per heavy atom. The van der Waals surface area contributed by atoms with Crippen LogP contribution in [0.2, 0.25) is 0 Å². The van der Waals surface area contributed by atoms with E-state index >= 15 is 0 Å². The number of benzene rings is 1. The van der Waals surface area contributed by atoms with Gasteiger partial charge in [-0.2, -0.15) is 4.52 Å². The fourth-order valence-electron chi connectivity index (χ4n) is 3.91. The van der Waals surface area contributed by atoms with E-state index in [0.29, 0.717) is 43.0 Å². The lowest BCUT2D eigenvalue weighted by atomic mass is 9.97. The Morgan fingerprint density at radius 1 is 1.15 bits per heavy atom. The fraction of sp³-hybridized carbons (Fsp3) is 0.300. The Morgan fingerprint density at radius 3 is 2.63 bits per heavy atom. The number of carbonyl (C=O) groups is 2. The van der Waals surface area contributed by atoms with Crippen molar-refractivity contribution < 1.29 is 19.4 Å². The lowest BCUT2D eigenvalue weighted by Gasteiger charge is -2.10. The van der Waals surface area contributed by atoms with Crippen LogP contribution >= 0.6 is 0 Å². The average molecular weight is 363 g/mol. The number of Topliss-reactive ketones (excluding diaryl/α,β-unsaturated/α-hetero) is 1. The zero-order valence-corrected chi connectivity index (χ0v) is 14.7. The lowest BCUT2D eigenvalue weighted by Crippen LogP contribution is -2.21. The van der Waals surface area contributed by atoms with Crippen molar-refractivity contribution in [1.82, 2.24) is 14.6 Å². The molecule has 0 spiro atoms. The van der Waals surface area contributed by atoms with Gasteiger partial charge in [0.15, 0.2) is 17.3 Å². The van der Waals surface area contributed by atoms with Gasteiger partial charge in [0.1, 0.15) is 5.41 Å². The summed E-state index contributed by atoms with van der Waals surface area (Å²) in [6.45, 7) is 0. The Labute approximate surface area is 154 Å². The molecule has 0 atom stereocenters. The summed E-state index contributed by atoms with van der Waals surface area (Å²) in [5, 5.41) is 14.1.